The molecule has 10 heteroatoms. The number of carboxylic acids is 1. The zero-order valence-corrected chi connectivity index (χ0v) is 10.4. The molecule has 0 bridgehead atoms. The second-order valence-electron chi connectivity index (χ2n) is 4.55. The fourth-order valence-corrected chi connectivity index (χ4v) is 1.04. The lowest BCUT2D eigenvalue weighted by Gasteiger charge is -2.26. The number of halogens is 3. The molecule has 0 unspecified atom stereocenters. The average Bonchev–Trinajstić information content (AvgIpc) is 2.69. The second-order valence-corrected chi connectivity index (χ2v) is 4.55. The molecule has 20 heavy (non-hydrogen) atoms. The van der Waals surface area contributed by atoms with Crippen LogP contribution in [0, 0.1) is 5.41 Å². The van der Waals surface area contributed by atoms with Crippen LogP contribution in [0.15, 0.2) is 6.20 Å². The molecule has 2 N–H and O–H groups in total. The van der Waals surface area contributed by atoms with Crippen LogP contribution >= 0.6 is 0 Å². The van der Waals surface area contributed by atoms with Crippen molar-refractivity contribution in [1.82, 2.24) is 9.78 Å². The van der Waals surface area contributed by atoms with Gasteiger partial charge in [0.25, 0.3) is 0 Å². The van der Waals surface area contributed by atoms with E-state index < -0.39 is 41.7 Å². The van der Waals surface area contributed by atoms with Crippen LogP contribution in [0.1, 0.15) is 24.2 Å². The van der Waals surface area contributed by atoms with Crippen molar-refractivity contribution in [3.8, 4) is 5.88 Å². The Labute approximate surface area is 110 Å². The van der Waals surface area contributed by atoms with Crippen molar-refractivity contribution in [2.24, 2.45) is 5.41 Å². The molecule has 1 rings (SSSR count). The van der Waals surface area contributed by atoms with Crippen LogP contribution in [0.25, 0.3) is 0 Å². The van der Waals surface area contributed by atoms with Crippen LogP contribution < -0.4 is 4.74 Å². The van der Waals surface area contributed by atoms with Gasteiger partial charge in [0.2, 0.25) is 5.88 Å². The second kappa shape index (κ2) is 5.02. The number of ether oxygens (including phenoxy) is 1. The standard InChI is InChI=1S/C10H11F3N2O5/c1-9(2,10(11,12)13)4-20-6-5(7(16)17)3-15(14-6)8(18)19/h3H,4H2,1-2H3,(H,16,17)(H,18,19). The molecule has 1 heterocycles. The Kier molecular flexibility index (Phi) is 3.97. The van der Waals surface area contributed by atoms with Gasteiger partial charge in [0.05, 0.1) is 11.6 Å². The minimum atomic E-state index is -4.56. The number of carbonyl (C=O) groups is 2. The molecular weight excluding hydrogens is 285 g/mol. The summed E-state index contributed by atoms with van der Waals surface area (Å²) in [5.74, 6) is -2.24. The topological polar surface area (TPSA) is 102 Å². The Bertz CT molecular complexity index is 535. The maximum Gasteiger partial charge on any atom is 0.432 e. The third-order valence-corrected chi connectivity index (χ3v) is 2.44. The summed E-state index contributed by atoms with van der Waals surface area (Å²) in [6.45, 7) is 0.830. The molecule has 0 fully saturated rings. The van der Waals surface area contributed by atoms with E-state index in [2.05, 4.69) is 5.10 Å². The molecule has 0 aliphatic carbocycles. The number of hydrogen-bond acceptors (Lipinski definition) is 4. The molecule has 0 aliphatic heterocycles. The number of aromatic nitrogens is 2. The van der Waals surface area contributed by atoms with Crippen molar-refractivity contribution in [3.63, 3.8) is 0 Å². The average molecular weight is 296 g/mol. The third kappa shape index (κ3) is 3.19. The Morgan fingerprint density at radius 2 is 1.90 bits per heavy atom. The number of rotatable bonds is 4. The Balaban J connectivity index is 2.98. The van der Waals surface area contributed by atoms with E-state index in [4.69, 9.17) is 14.9 Å². The molecule has 0 radical (unpaired) electrons. The number of nitrogens with zero attached hydrogens (tertiary/aromatic N) is 2. The van der Waals surface area contributed by atoms with Gasteiger partial charge in [-0.3, -0.25) is 0 Å². The number of carboxylic acid groups (broad SMARTS) is 2. The first kappa shape index (κ1) is 15.8. The van der Waals surface area contributed by atoms with Gasteiger partial charge in [-0.15, -0.1) is 5.10 Å². The minimum Gasteiger partial charge on any atom is -0.477 e. The summed E-state index contributed by atoms with van der Waals surface area (Å²) in [6, 6.07) is 0. The van der Waals surface area contributed by atoms with Crippen LogP contribution in [0.3, 0.4) is 0 Å². The van der Waals surface area contributed by atoms with E-state index in [1.54, 1.807) is 0 Å². The molecule has 0 aliphatic rings. The summed E-state index contributed by atoms with van der Waals surface area (Å²) < 4.78 is 42.8. The van der Waals surface area contributed by atoms with Gasteiger partial charge in [-0.25, -0.2) is 9.59 Å². The van der Waals surface area contributed by atoms with Crippen molar-refractivity contribution in [2.45, 2.75) is 20.0 Å². The zero-order chi connectivity index (χ0) is 15.7. The van der Waals surface area contributed by atoms with E-state index in [0.717, 1.165) is 13.8 Å². The molecule has 1 aromatic heterocycles. The third-order valence-electron chi connectivity index (χ3n) is 2.44. The minimum absolute atomic E-state index is 0.249. The quantitative estimate of drug-likeness (QED) is 0.882. The Morgan fingerprint density at radius 1 is 1.35 bits per heavy atom. The molecule has 1 aromatic rings. The smallest absolute Gasteiger partial charge is 0.432 e. The summed E-state index contributed by atoms with van der Waals surface area (Å²) in [5.41, 5.74) is -2.87. The van der Waals surface area contributed by atoms with Crippen molar-refractivity contribution < 1.29 is 37.7 Å². The zero-order valence-electron chi connectivity index (χ0n) is 10.4. The fourth-order valence-electron chi connectivity index (χ4n) is 1.04. The largest absolute Gasteiger partial charge is 0.477 e. The fraction of sp³-hybridized carbons (Fsp3) is 0.500. The van der Waals surface area contributed by atoms with Crippen molar-refractivity contribution in [1.29, 1.82) is 0 Å². The molecule has 7 nitrogen and oxygen atoms in total. The van der Waals surface area contributed by atoms with Crippen LogP contribution in [-0.4, -0.2) is 44.8 Å². The van der Waals surface area contributed by atoms with Gasteiger partial charge in [0, 0.05) is 0 Å². The molecule has 0 saturated heterocycles. The van der Waals surface area contributed by atoms with Gasteiger partial charge >= 0.3 is 18.2 Å². The van der Waals surface area contributed by atoms with Gasteiger partial charge < -0.3 is 14.9 Å². The highest BCUT2D eigenvalue weighted by Gasteiger charge is 2.48. The molecule has 0 aromatic carbocycles. The Hall–Kier alpha value is -2.26. The Morgan fingerprint density at radius 3 is 2.30 bits per heavy atom. The number of alkyl halides is 3. The lowest BCUT2D eigenvalue weighted by molar-refractivity contribution is -0.219. The van der Waals surface area contributed by atoms with Crippen LogP contribution in [0.2, 0.25) is 0 Å². The lowest BCUT2D eigenvalue weighted by Crippen LogP contribution is -2.37. The SMILES string of the molecule is CC(C)(COc1nn(C(=O)O)cc1C(=O)O)C(F)(F)F. The molecule has 0 amide bonds. The monoisotopic (exact) mass is 296 g/mol. The van der Waals surface area contributed by atoms with Crippen LogP contribution in [-0.2, 0) is 0 Å². The lowest BCUT2D eigenvalue weighted by atomic mass is 9.94. The highest BCUT2D eigenvalue weighted by Crippen LogP contribution is 2.37. The highest BCUT2D eigenvalue weighted by molar-refractivity contribution is 5.90. The van der Waals surface area contributed by atoms with Gasteiger partial charge in [0.15, 0.2) is 0 Å². The normalized spacial score (nSPS) is 12.2. The van der Waals surface area contributed by atoms with E-state index >= 15 is 0 Å². The molecule has 112 valence electrons. The summed E-state index contributed by atoms with van der Waals surface area (Å²) in [4.78, 5) is 21.5. The molecule has 0 spiro atoms. The number of hydrogen-bond donors (Lipinski definition) is 2. The van der Waals surface area contributed by atoms with E-state index in [1.807, 2.05) is 0 Å². The van der Waals surface area contributed by atoms with E-state index in [-0.39, 0.29) is 4.68 Å². The molecule has 0 saturated carbocycles. The van der Waals surface area contributed by atoms with Gasteiger partial charge in [-0.1, -0.05) is 0 Å². The van der Waals surface area contributed by atoms with Crippen molar-refractivity contribution in [3.05, 3.63) is 11.8 Å². The summed E-state index contributed by atoms with van der Waals surface area (Å²) in [5, 5.41) is 20.7. The first-order valence-corrected chi connectivity index (χ1v) is 5.21. The first-order chi connectivity index (χ1) is 8.95. The van der Waals surface area contributed by atoms with E-state index in [9.17, 15) is 22.8 Å². The maximum atomic E-state index is 12.6. The van der Waals surface area contributed by atoms with Gasteiger partial charge in [-0.2, -0.15) is 17.9 Å². The molecular formula is C10H11F3N2O5. The molecule has 0 atom stereocenters. The van der Waals surface area contributed by atoms with Gasteiger partial charge in [-0.05, 0) is 13.8 Å². The highest BCUT2D eigenvalue weighted by atomic mass is 19.4. The maximum absolute atomic E-state index is 12.6. The summed E-state index contributed by atoms with van der Waals surface area (Å²) in [7, 11) is 0. The summed E-state index contributed by atoms with van der Waals surface area (Å²) >= 11 is 0. The van der Waals surface area contributed by atoms with Crippen LogP contribution in [0.5, 0.6) is 5.88 Å². The predicted molar refractivity (Wildman–Crippen MR) is 57.9 cm³/mol. The number of aromatic carboxylic acids is 1. The van der Waals surface area contributed by atoms with E-state index in [0.29, 0.717) is 6.20 Å². The van der Waals surface area contributed by atoms with Gasteiger partial charge in [0.1, 0.15) is 12.2 Å². The van der Waals surface area contributed by atoms with Crippen molar-refractivity contribution >= 4 is 12.1 Å². The van der Waals surface area contributed by atoms with Crippen molar-refractivity contribution in [2.75, 3.05) is 6.61 Å². The predicted octanol–water partition coefficient (Wildman–Crippen LogP) is 2.07. The first-order valence-electron chi connectivity index (χ1n) is 5.21. The van der Waals surface area contributed by atoms with Crippen LogP contribution in [0.4, 0.5) is 18.0 Å². The summed E-state index contributed by atoms with van der Waals surface area (Å²) in [6.07, 6.45) is -5.51. The van der Waals surface area contributed by atoms with E-state index in [1.165, 1.54) is 0 Å².